The van der Waals surface area contributed by atoms with Crippen LogP contribution in [0.2, 0.25) is 5.02 Å². The molecule has 8 nitrogen and oxygen atoms in total. The van der Waals surface area contributed by atoms with E-state index in [2.05, 4.69) is 21.0 Å². The molecular weight excluding hydrogens is 396 g/mol. The summed E-state index contributed by atoms with van der Waals surface area (Å²) in [6.45, 7) is 1.28. The van der Waals surface area contributed by atoms with Crippen molar-refractivity contribution in [3.05, 3.63) is 53.1 Å². The number of nitrogens with one attached hydrogen (secondary N) is 2. The van der Waals surface area contributed by atoms with E-state index in [-0.39, 0.29) is 18.3 Å². The van der Waals surface area contributed by atoms with Gasteiger partial charge >= 0.3 is 6.01 Å². The lowest BCUT2D eigenvalue weighted by Gasteiger charge is -2.09. The maximum atomic E-state index is 12.1. The summed E-state index contributed by atoms with van der Waals surface area (Å²) in [6, 6.07) is 12.9. The molecule has 2 aromatic carbocycles. The molecule has 0 unspecified atom stereocenters. The van der Waals surface area contributed by atoms with Gasteiger partial charge in [0.1, 0.15) is 0 Å². The molecule has 2 N–H and O–H groups in total. The summed E-state index contributed by atoms with van der Waals surface area (Å²) in [4.78, 5) is 16.3. The van der Waals surface area contributed by atoms with Crippen LogP contribution in [0.25, 0.3) is 11.4 Å². The van der Waals surface area contributed by atoms with Gasteiger partial charge < -0.3 is 14.0 Å². The first-order valence-electron chi connectivity index (χ1n) is 9.20. The first-order valence-corrected chi connectivity index (χ1v) is 9.58. The Morgan fingerprint density at radius 3 is 2.69 bits per heavy atom. The number of hydrazine groups is 1. The number of carbonyl (C=O) groups excluding carboxylic acids is 1. The smallest absolute Gasteiger partial charge is 0.340 e. The van der Waals surface area contributed by atoms with Crippen molar-refractivity contribution < 1.29 is 18.8 Å². The third kappa shape index (κ3) is 4.97. The standard InChI is InChI=1S/C20H19ClN4O4/c21-15-6-4-14(5-7-15)19-22-20(29-25-19)24-23-18(26)9-3-13-2-8-16-17(12-13)28-11-1-10-27-16/h2,4-8,12H,1,3,9-11H2,(H,23,26)(H,22,24,25). The van der Waals surface area contributed by atoms with Gasteiger partial charge in [-0.1, -0.05) is 22.8 Å². The number of anilines is 1. The van der Waals surface area contributed by atoms with Crippen LogP contribution < -0.4 is 20.3 Å². The van der Waals surface area contributed by atoms with Crippen LogP contribution in [-0.2, 0) is 11.2 Å². The summed E-state index contributed by atoms with van der Waals surface area (Å²) in [5.74, 6) is 1.65. The van der Waals surface area contributed by atoms with Gasteiger partial charge in [0.05, 0.1) is 13.2 Å². The SMILES string of the molecule is O=C(CCc1ccc2c(c1)OCCCO2)NNc1nc(-c2ccc(Cl)cc2)no1. The van der Waals surface area contributed by atoms with Crippen LogP contribution in [0.3, 0.4) is 0 Å². The molecule has 29 heavy (non-hydrogen) atoms. The van der Waals surface area contributed by atoms with Crippen molar-refractivity contribution in [2.45, 2.75) is 19.3 Å². The van der Waals surface area contributed by atoms with Gasteiger partial charge in [-0.3, -0.25) is 10.2 Å². The second-order valence-electron chi connectivity index (χ2n) is 6.43. The molecule has 1 aliphatic heterocycles. The number of hydrogen-bond donors (Lipinski definition) is 2. The lowest BCUT2D eigenvalue weighted by Crippen LogP contribution is -2.29. The zero-order valence-electron chi connectivity index (χ0n) is 15.5. The van der Waals surface area contributed by atoms with E-state index in [1.807, 2.05) is 18.2 Å². The fourth-order valence-corrected chi connectivity index (χ4v) is 2.92. The molecule has 0 saturated carbocycles. The van der Waals surface area contributed by atoms with E-state index in [1.165, 1.54) is 0 Å². The maximum absolute atomic E-state index is 12.1. The molecule has 1 amide bonds. The number of benzene rings is 2. The normalized spacial score (nSPS) is 12.9. The summed E-state index contributed by atoms with van der Waals surface area (Å²) >= 11 is 5.87. The first kappa shape index (κ1) is 19.1. The Morgan fingerprint density at radius 2 is 1.86 bits per heavy atom. The van der Waals surface area contributed by atoms with Crippen molar-refractivity contribution in [1.82, 2.24) is 15.6 Å². The lowest BCUT2D eigenvalue weighted by molar-refractivity contribution is -0.120. The van der Waals surface area contributed by atoms with E-state index in [9.17, 15) is 4.79 Å². The highest BCUT2D eigenvalue weighted by atomic mass is 35.5. The molecule has 9 heteroatoms. The second kappa shape index (κ2) is 8.83. The van der Waals surface area contributed by atoms with Gasteiger partial charge in [0.15, 0.2) is 11.5 Å². The van der Waals surface area contributed by atoms with Gasteiger partial charge in [-0.2, -0.15) is 4.98 Å². The van der Waals surface area contributed by atoms with Crippen LogP contribution in [-0.4, -0.2) is 29.3 Å². The number of rotatable bonds is 6. The van der Waals surface area contributed by atoms with Crippen LogP contribution in [0.5, 0.6) is 11.5 Å². The Kier molecular flexibility index (Phi) is 5.81. The van der Waals surface area contributed by atoms with E-state index >= 15 is 0 Å². The van der Waals surface area contributed by atoms with E-state index in [1.54, 1.807) is 24.3 Å². The molecule has 2 heterocycles. The van der Waals surface area contributed by atoms with Gasteiger partial charge in [-0.25, -0.2) is 5.43 Å². The Morgan fingerprint density at radius 1 is 1.07 bits per heavy atom. The number of carbonyl (C=O) groups is 1. The van der Waals surface area contributed by atoms with Crippen LogP contribution in [0.4, 0.5) is 6.01 Å². The summed E-state index contributed by atoms with van der Waals surface area (Å²) in [7, 11) is 0. The molecule has 150 valence electrons. The zero-order chi connectivity index (χ0) is 20.1. The molecule has 0 radical (unpaired) electrons. The van der Waals surface area contributed by atoms with Crippen LogP contribution in [0.15, 0.2) is 47.0 Å². The Balaban J connectivity index is 1.27. The van der Waals surface area contributed by atoms with Crippen LogP contribution in [0.1, 0.15) is 18.4 Å². The number of aryl methyl sites for hydroxylation is 1. The van der Waals surface area contributed by atoms with Crippen molar-refractivity contribution >= 4 is 23.5 Å². The summed E-state index contributed by atoms with van der Waals surface area (Å²) in [6.07, 6.45) is 1.70. The number of ether oxygens (including phenoxy) is 2. The minimum absolute atomic E-state index is 0.0962. The molecule has 1 aromatic heterocycles. The Hall–Kier alpha value is -3.26. The predicted molar refractivity (Wildman–Crippen MR) is 107 cm³/mol. The minimum Gasteiger partial charge on any atom is -0.490 e. The zero-order valence-corrected chi connectivity index (χ0v) is 16.2. The number of halogens is 1. The highest BCUT2D eigenvalue weighted by Gasteiger charge is 2.12. The topological polar surface area (TPSA) is 98.5 Å². The number of aromatic nitrogens is 2. The largest absolute Gasteiger partial charge is 0.490 e. The molecule has 0 aliphatic carbocycles. The van der Waals surface area contributed by atoms with Gasteiger partial charge in [0.2, 0.25) is 11.7 Å². The van der Waals surface area contributed by atoms with Crippen molar-refractivity contribution in [3.8, 4) is 22.9 Å². The third-order valence-electron chi connectivity index (χ3n) is 4.29. The van der Waals surface area contributed by atoms with Crippen LogP contribution in [0, 0.1) is 0 Å². The van der Waals surface area contributed by atoms with Crippen molar-refractivity contribution in [2.24, 2.45) is 0 Å². The van der Waals surface area contributed by atoms with Gasteiger partial charge in [-0.05, 0) is 48.4 Å². The van der Waals surface area contributed by atoms with Gasteiger partial charge in [-0.15, -0.1) is 0 Å². The molecule has 0 saturated heterocycles. The number of nitrogens with zero attached hydrogens (tertiary/aromatic N) is 2. The second-order valence-corrected chi connectivity index (χ2v) is 6.87. The average molecular weight is 415 g/mol. The fraction of sp³-hybridized carbons (Fsp3) is 0.250. The molecule has 0 fully saturated rings. The minimum atomic E-state index is -0.205. The van der Waals surface area contributed by atoms with E-state index in [4.69, 9.17) is 25.6 Å². The Bertz CT molecular complexity index is 990. The number of amides is 1. The van der Waals surface area contributed by atoms with Crippen molar-refractivity contribution in [3.63, 3.8) is 0 Å². The average Bonchev–Trinajstić information content (AvgIpc) is 3.08. The number of fused-ring (bicyclic) bond motifs is 1. The van der Waals surface area contributed by atoms with E-state index < -0.39 is 0 Å². The summed E-state index contributed by atoms with van der Waals surface area (Å²) < 4.78 is 16.4. The fourth-order valence-electron chi connectivity index (χ4n) is 2.80. The first-order chi connectivity index (χ1) is 14.2. The molecule has 3 aromatic rings. The maximum Gasteiger partial charge on any atom is 0.340 e. The molecule has 4 rings (SSSR count). The highest BCUT2D eigenvalue weighted by molar-refractivity contribution is 6.30. The van der Waals surface area contributed by atoms with Gasteiger partial charge in [0, 0.05) is 23.4 Å². The van der Waals surface area contributed by atoms with Gasteiger partial charge in [0.25, 0.3) is 0 Å². The molecule has 0 spiro atoms. The Labute approximate surface area is 172 Å². The number of hydrogen-bond acceptors (Lipinski definition) is 7. The van der Waals surface area contributed by atoms with Crippen molar-refractivity contribution in [2.75, 3.05) is 18.6 Å². The lowest BCUT2D eigenvalue weighted by atomic mass is 10.1. The quantitative estimate of drug-likeness (QED) is 0.594. The summed E-state index contributed by atoms with van der Waals surface area (Å²) in [5.41, 5.74) is 6.93. The third-order valence-corrected chi connectivity index (χ3v) is 4.54. The highest BCUT2D eigenvalue weighted by Crippen LogP contribution is 2.30. The predicted octanol–water partition coefficient (Wildman–Crippen LogP) is 3.63. The van der Waals surface area contributed by atoms with Crippen molar-refractivity contribution in [1.29, 1.82) is 0 Å². The van der Waals surface area contributed by atoms with E-state index in [0.717, 1.165) is 29.0 Å². The summed E-state index contributed by atoms with van der Waals surface area (Å²) in [5, 5.41) is 4.49. The van der Waals surface area contributed by atoms with E-state index in [0.29, 0.717) is 30.5 Å². The monoisotopic (exact) mass is 414 g/mol. The molecular formula is C20H19ClN4O4. The van der Waals surface area contributed by atoms with Crippen LogP contribution >= 0.6 is 11.6 Å². The molecule has 0 bridgehead atoms. The molecule has 1 aliphatic rings. The molecule has 0 atom stereocenters.